The summed E-state index contributed by atoms with van der Waals surface area (Å²) < 4.78 is 12.2. The monoisotopic (exact) mass is 492 g/mol. The summed E-state index contributed by atoms with van der Waals surface area (Å²) in [4.78, 5) is 30.5. The Morgan fingerprint density at radius 1 is 1.22 bits per heavy atom. The lowest BCUT2D eigenvalue weighted by molar-refractivity contribution is -0.144. The fraction of sp³-hybridized carbons (Fsp3) is 0.423. The van der Waals surface area contributed by atoms with Crippen LogP contribution in [0.5, 0.6) is 0 Å². The van der Waals surface area contributed by atoms with Crippen molar-refractivity contribution < 1.29 is 13.9 Å². The fourth-order valence-corrected chi connectivity index (χ4v) is 4.67. The first kappa shape index (κ1) is 25.3. The molecule has 0 amide bonds. The van der Waals surface area contributed by atoms with E-state index in [-0.39, 0.29) is 30.7 Å². The summed E-state index contributed by atoms with van der Waals surface area (Å²) in [6.07, 6.45) is 1.62. The van der Waals surface area contributed by atoms with Gasteiger partial charge in [-0.15, -0.1) is 5.10 Å². The van der Waals surface area contributed by atoms with Crippen molar-refractivity contribution in [2.45, 2.75) is 60.3 Å². The zero-order valence-corrected chi connectivity index (χ0v) is 21.3. The number of carbonyl (C=O) groups is 1. The van der Waals surface area contributed by atoms with Crippen LogP contribution in [0.15, 0.2) is 45.8 Å². The van der Waals surface area contributed by atoms with Crippen molar-refractivity contribution in [3.63, 3.8) is 0 Å². The van der Waals surface area contributed by atoms with Crippen LogP contribution in [0.3, 0.4) is 0 Å². The number of nitrogens with zero attached hydrogens (tertiary/aromatic N) is 5. The Bertz CT molecular complexity index is 1390. The summed E-state index contributed by atoms with van der Waals surface area (Å²) in [5.74, 6) is 0.904. The molecule has 36 heavy (non-hydrogen) atoms. The number of tetrazole rings is 1. The molecule has 1 aromatic carbocycles. The van der Waals surface area contributed by atoms with Gasteiger partial charge in [0, 0.05) is 12.1 Å². The molecule has 0 aliphatic heterocycles. The summed E-state index contributed by atoms with van der Waals surface area (Å²) >= 11 is 0. The molecule has 0 fully saturated rings. The van der Waals surface area contributed by atoms with Gasteiger partial charge in [0.15, 0.2) is 5.82 Å². The smallest absolute Gasteiger partial charge is 0.327 e. The Hall–Kier alpha value is -3.79. The second-order valence-electron chi connectivity index (χ2n) is 9.34. The van der Waals surface area contributed by atoms with Gasteiger partial charge in [0.05, 0.1) is 31.0 Å². The van der Waals surface area contributed by atoms with Crippen LogP contribution < -0.4 is 5.56 Å². The maximum atomic E-state index is 13.2. The van der Waals surface area contributed by atoms with Crippen LogP contribution in [0.25, 0.3) is 10.9 Å². The van der Waals surface area contributed by atoms with Gasteiger partial charge in [-0.2, -0.15) is 0 Å². The molecule has 3 heterocycles. The Labute approximate surface area is 209 Å². The summed E-state index contributed by atoms with van der Waals surface area (Å²) in [6.45, 7) is 10.8. The van der Waals surface area contributed by atoms with Crippen LogP contribution in [-0.4, -0.2) is 42.7 Å². The second kappa shape index (κ2) is 10.9. The summed E-state index contributed by atoms with van der Waals surface area (Å²) in [6, 6.07) is 9.48. The molecule has 4 rings (SSSR count). The van der Waals surface area contributed by atoms with E-state index in [4.69, 9.17) is 9.15 Å². The predicted molar refractivity (Wildman–Crippen MR) is 134 cm³/mol. The third kappa shape index (κ3) is 5.54. The number of nitrogens with one attached hydrogen (secondary N) is 1. The first-order valence-electron chi connectivity index (χ1n) is 12.1. The van der Waals surface area contributed by atoms with E-state index in [2.05, 4.69) is 51.4 Å². The van der Waals surface area contributed by atoms with E-state index in [0.717, 1.165) is 27.8 Å². The second-order valence-corrected chi connectivity index (χ2v) is 9.34. The molecule has 0 bridgehead atoms. The van der Waals surface area contributed by atoms with Crippen LogP contribution in [0.4, 0.5) is 0 Å². The zero-order valence-electron chi connectivity index (χ0n) is 21.3. The maximum absolute atomic E-state index is 13.2. The van der Waals surface area contributed by atoms with Crippen LogP contribution in [0, 0.1) is 19.8 Å². The van der Waals surface area contributed by atoms with Crippen LogP contribution in [0.2, 0.25) is 0 Å². The topological polar surface area (TPSA) is 119 Å². The van der Waals surface area contributed by atoms with Crippen molar-refractivity contribution in [3.8, 4) is 0 Å². The van der Waals surface area contributed by atoms with Crippen molar-refractivity contribution in [1.82, 2.24) is 30.1 Å². The molecule has 0 radical (unpaired) electrons. The van der Waals surface area contributed by atoms with Gasteiger partial charge in [0.25, 0.3) is 5.56 Å². The van der Waals surface area contributed by atoms with E-state index in [1.54, 1.807) is 13.2 Å². The highest BCUT2D eigenvalue weighted by molar-refractivity contribution is 5.82. The molecule has 0 aliphatic rings. The number of aromatic nitrogens is 5. The van der Waals surface area contributed by atoms with Gasteiger partial charge in [-0.1, -0.05) is 25.5 Å². The standard InChI is InChI=1S/C26H32N6O4/c1-6-35-22(33)15-32-25(28-29-30-32)24(16(2)3)31(14-21-8-7-9-36-21)13-20-12-19-11-17(4)10-18(5)23(19)27-26(20)34/h7-12,16,24H,6,13-15H2,1-5H3,(H,27,34). The van der Waals surface area contributed by atoms with Crippen LogP contribution in [0.1, 0.15) is 55.1 Å². The molecule has 4 aromatic rings. The average Bonchev–Trinajstić information content (AvgIpc) is 3.47. The van der Waals surface area contributed by atoms with Crippen LogP contribution in [-0.2, 0) is 29.2 Å². The molecule has 1 N–H and O–H groups in total. The first-order chi connectivity index (χ1) is 17.3. The molecule has 0 aliphatic carbocycles. The number of furan rings is 1. The number of pyridine rings is 1. The Kier molecular flexibility index (Phi) is 7.64. The molecule has 10 nitrogen and oxygen atoms in total. The third-order valence-corrected chi connectivity index (χ3v) is 6.12. The number of hydrogen-bond donors (Lipinski definition) is 1. The van der Waals surface area contributed by atoms with E-state index in [1.807, 2.05) is 32.0 Å². The number of aryl methyl sites for hydroxylation is 2. The minimum atomic E-state index is -0.414. The van der Waals surface area contributed by atoms with Gasteiger partial charge >= 0.3 is 5.97 Å². The van der Waals surface area contributed by atoms with Gasteiger partial charge in [0.1, 0.15) is 12.3 Å². The first-order valence-corrected chi connectivity index (χ1v) is 12.1. The normalized spacial score (nSPS) is 12.5. The molecule has 3 aromatic heterocycles. The number of benzene rings is 1. The highest BCUT2D eigenvalue weighted by Gasteiger charge is 2.31. The van der Waals surface area contributed by atoms with E-state index >= 15 is 0 Å². The number of hydrogen-bond acceptors (Lipinski definition) is 8. The molecule has 0 saturated carbocycles. The summed E-state index contributed by atoms with van der Waals surface area (Å²) in [7, 11) is 0. The van der Waals surface area contributed by atoms with Crippen molar-refractivity contribution in [1.29, 1.82) is 0 Å². The van der Waals surface area contributed by atoms with E-state index < -0.39 is 5.97 Å². The highest BCUT2D eigenvalue weighted by atomic mass is 16.5. The van der Waals surface area contributed by atoms with Crippen molar-refractivity contribution in [3.05, 3.63) is 75.2 Å². The Balaban J connectivity index is 1.75. The minimum Gasteiger partial charge on any atom is -0.468 e. The summed E-state index contributed by atoms with van der Waals surface area (Å²) in [5, 5.41) is 13.1. The van der Waals surface area contributed by atoms with Crippen molar-refractivity contribution in [2.75, 3.05) is 6.61 Å². The number of rotatable bonds is 10. The minimum absolute atomic E-state index is 0.0518. The predicted octanol–water partition coefficient (Wildman–Crippen LogP) is 3.69. The maximum Gasteiger partial charge on any atom is 0.327 e. The number of esters is 1. The van der Waals surface area contributed by atoms with E-state index in [0.29, 0.717) is 24.5 Å². The summed E-state index contributed by atoms with van der Waals surface area (Å²) in [5.41, 5.74) is 3.47. The molecule has 1 unspecified atom stereocenters. The van der Waals surface area contributed by atoms with Gasteiger partial charge in [0.2, 0.25) is 0 Å². The molecule has 0 spiro atoms. The number of H-pyrrole nitrogens is 1. The zero-order chi connectivity index (χ0) is 25.8. The lowest BCUT2D eigenvalue weighted by Gasteiger charge is -2.32. The number of aromatic amines is 1. The number of fused-ring (bicyclic) bond motifs is 1. The number of ether oxygens (including phenoxy) is 1. The molecular formula is C26H32N6O4. The molecular weight excluding hydrogens is 460 g/mol. The Morgan fingerprint density at radius 3 is 2.72 bits per heavy atom. The SMILES string of the molecule is CCOC(=O)Cn1nnnc1C(C(C)C)N(Cc1ccco1)Cc1cc2cc(C)cc(C)c2[nH]c1=O. The van der Waals surface area contributed by atoms with Gasteiger partial charge < -0.3 is 14.1 Å². The van der Waals surface area contributed by atoms with Gasteiger partial charge in [-0.25, -0.2) is 4.68 Å². The quantitative estimate of drug-likeness (QED) is 0.333. The fourth-order valence-electron chi connectivity index (χ4n) is 4.67. The molecule has 190 valence electrons. The average molecular weight is 493 g/mol. The van der Waals surface area contributed by atoms with Crippen LogP contribution >= 0.6 is 0 Å². The van der Waals surface area contributed by atoms with Gasteiger partial charge in [-0.3, -0.25) is 14.5 Å². The highest BCUT2D eigenvalue weighted by Crippen LogP contribution is 2.30. The third-order valence-electron chi connectivity index (χ3n) is 6.12. The van der Waals surface area contributed by atoms with E-state index in [9.17, 15) is 9.59 Å². The van der Waals surface area contributed by atoms with E-state index in [1.165, 1.54) is 4.68 Å². The number of carbonyl (C=O) groups excluding carboxylic acids is 1. The van der Waals surface area contributed by atoms with Crippen molar-refractivity contribution in [2.24, 2.45) is 5.92 Å². The molecule has 10 heteroatoms. The lowest BCUT2D eigenvalue weighted by Crippen LogP contribution is -2.35. The van der Waals surface area contributed by atoms with Crippen molar-refractivity contribution >= 4 is 16.9 Å². The van der Waals surface area contributed by atoms with Gasteiger partial charge in [-0.05, 0) is 72.3 Å². The molecule has 0 saturated heterocycles. The Morgan fingerprint density at radius 2 is 2.03 bits per heavy atom. The lowest BCUT2D eigenvalue weighted by atomic mass is 9.99. The molecule has 1 atom stereocenters. The largest absolute Gasteiger partial charge is 0.468 e.